The molecule has 2 rings (SSSR count). The van der Waals surface area contributed by atoms with Gasteiger partial charge in [0.15, 0.2) is 5.78 Å². The number of esters is 2. The SMILES string of the molecule is CCOC(=O)[C@H]1C(=O)C[C@](C)(O)[C@H](C(=O)OCC)[C@@H]1c1ccc(Br)cc1. The van der Waals surface area contributed by atoms with E-state index in [1.807, 2.05) is 0 Å². The molecule has 1 aliphatic carbocycles. The summed E-state index contributed by atoms with van der Waals surface area (Å²) in [6.07, 6.45) is -0.313. The minimum atomic E-state index is -1.62. The molecule has 0 amide bonds. The van der Waals surface area contributed by atoms with Gasteiger partial charge in [-0.05, 0) is 38.5 Å². The Balaban J connectivity index is 2.59. The highest BCUT2D eigenvalue weighted by Crippen LogP contribution is 2.46. The van der Waals surface area contributed by atoms with Gasteiger partial charge in [-0.1, -0.05) is 28.1 Å². The van der Waals surface area contributed by atoms with Gasteiger partial charge in [0, 0.05) is 16.8 Å². The van der Waals surface area contributed by atoms with Crippen LogP contribution < -0.4 is 0 Å². The van der Waals surface area contributed by atoms with E-state index < -0.39 is 41.1 Å². The van der Waals surface area contributed by atoms with Crippen LogP contribution in [0, 0.1) is 11.8 Å². The molecular weight excluding hydrogens is 404 g/mol. The first-order chi connectivity index (χ1) is 12.2. The van der Waals surface area contributed by atoms with E-state index in [0.29, 0.717) is 5.56 Å². The molecule has 4 atom stereocenters. The van der Waals surface area contributed by atoms with Gasteiger partial charge in [0.05, 0.1) is 24.7 Å². The molecule has 1 fully saturated rings. The van der Waals surface area contributed by atoms with Gasteiger partial charge < -0.3 is 14.6 Å². The van der Waals surface area contributed by atoms with Crippen molar-refractivity contribution in [1.29, 1.82) is 0 Å². The second-order valence-electron chi connectivity index (χ2n) is 6.54. The fourth-order valence-corrected chi connectivity index (χ4v) is 3.83. The Morgan fingerprint density at radius 3 is 2.23 bits per heavy atom. The van der Waals surface area contributed by atoms with Crippen LogP contribution >= 0.6 is 15.9 Å². The molecular formula is C19H23BrO6. The molecule has 1 saturated carbocycles. The minimum Gasteiger partial charge on any atom is -0.466 e. The Kier molecular flexibility index (Phi) is 6.58. The van der Waals surface area contributed by atoms with Crippen molar-refractivity contribution in [2.45, 2.75) is 38.7 Å². The molecule has 0 aliphatic heterocycles. The van der Waals surface area contributed by atoms with Gasteiger partial charge in [0.1, 0.15) is 5.92 Å². The summed E-state index contributed by atoms with van der Waals surface area (Å²) in [6, 6.07) is 6.96. The van der Waals surface area contributed by atoms with Gasteiger partial charge in [-0.25, -0.2) is 0 Å². The first kappa shape index (κ1) is 20.6. The maximum Gasteiger partial charge on any atom is 0.317 e. The van der Waals surface area contributed by atoms with Gasteiger partial charge in [0.2, 0.25) is 0 Å². The molecule has 0 unspecified atom stereocenters. The molecule has 142 valence electrons. The number of rotatable bonds is 5. The van der Waals surface area contributed by atoms with E-state index in [2.05, 4.69) is 15.9 Å². The number of ether oxygens (including phenoxy) is 2. The Bertz CT molecular complexity index is 682. The highest BCUT2D eigenvalue weighted by Gasteiger charge is 2.57. The predicted molar refractivity (Wildman–Crippen MR) is 97.4 cm³/mol. The molecule has 0 bridgehead atoms. The third kappa shape index (κ3) is 4.15. The summed E-state index contributed by atoms with van der Waals surface area (Å²) < 4.78 is 11.0. The molecule has 1 N–H and O–H groups in total. The fraction of sp³-hybridized carbons (Fsp3) is 0.526. The van der Waals surface area contributed by atoms with Crippen molar-refractivity contribution in [2.24, 2.45) is 11.8 Å². The van der Waals surface area contributed by atoms with Gasteiger partial charge in [-0.2, -0.15) is 0 Å². The molecule has 6 nitrogen and oxygen atoms in total. The largest absolute Gasteiger partial charge is 0.466 e. The van der Waals surface area contributed by atoms with Gasteiger partial charge in [-0.3, -0.25) is 14.4 Å². The molecule has 0 saturated heterocycles. The molecule has 0 aromatic heterocycles. The van der Waals surface area contributed by atoms with E-state index in [4.69, 9.17) is 9.47 Å². The number of aliphatic hydroxyl groups is 1. The lowest BCUT2D eigenvalue weighted by molar-refractivity contribution is -0.172. The second-order valence-corrected chi connectivity index (χ2v) is 7.45. The van der Waals surface area contributed by atoms with Crippen molar-refractivity contribution >= 4 is 33.7 Å². The number of Topliss-reactive ketones (excluding diaryl/α,β-unsaturated/α-hetero) is 1. The van der Waals surface area contributed by atoms with Crippen LogP contribution in [0.2, 0.25) is 0 Å². The summed E-state index contributed by atoms with van der Waals surface area (Å²) in [5.74, 6) is -4.84. The normalized spacial score (nSPS) is 28.5. The Morgan fingerprint density at radius 2 is 1.69 bits per heavy atom. The third-order valence-corrected chi connectivity index (χ3v) is 5.13. The number of hydrogen-bond donors (Lipinski definition) is 1. The van der Waals surface area contributed by atoms with E-state index >= 15 is 0 Å². The van der Waals surface area contributed by atoms with Gasteiger partial charge >= 0.3 is 11.9 Å². The van der Waals surface area contributed by atoms with Crippen LogP contribution in [-0.2, 0) is 23.9 Å². The van der Waals surface area contributed by atoms with Crippen LogP contribution in [0.3, 0.4) is 0 Å². The fourth-order valence-electron chi connectivity index (χ4n) is 3.56. The number of hydrogen-bond acceptors (Lipinski definition) is 6. The standard InChI is InChI=1S/C19H23BrO6/c1-4-25-17(22)15-13(21)10-19(3,24)16(18(23)26-5-2)14(15)11-6-8-12(20)9-7-11/h6-9,14-16,24H,4-5,10H2,1-3H3/t14-,15+,16+,19+/m1/s1. The van der Waals surface area contributed by atoms with Crippen LogP contribution in [0.15, 0.2) is 28.7 Å². The van der Waals surface area contributed by atoms with Crippen molar-refractivity contribution < 1.29 is 29.0 Å². The monoisotopic (exact) mass is 426 g/mol. The van der Waals surface area contributed by atoms with Crippen LogP contribution in [0.1, 0.15) is 38.7 Å². The topological polar surface area (TPSA) is 89.9 Å². The second kappa shape index (κ2) is 8.31. The van der Waals surface area contributed by atoms with Crippen molar-refractivity contribution in [3.05, 3.63) is 34.3 Å². The van der Waals surface area contributed by atoms with Crippen LogP contribution in [-0.4, -0.2) is 41.6 Å². The van der Waals surface area contributed by atoms with E-state index in [9.17, 15) is 19.5 Å². The Morgan fingerprint density at radius 1 is 1.15 bits per heavy atom. The minimum absolute atomic E-state index is 0.121. The Labute approximate surface area is 161 Å². The predicted octanol–water partition coefficient (Wildman–Crippen LogP) is 2.62. The lowest BCUT2D eigenvalue weighted by Crippen LogP contribution is -2.55. The molecule has 0 spiro atoms. The van der Waals surface area contributed by atoms with Crippen molar-refractivity contribution in [3.8, 4) is 0 Å². The van der Waals surface area contributed by atoms with Crippen molar-refractivity contribution in [3.63, 3.8) is 0 Å². The number of ketones is 1. The van der Waals surface area contributed by atoms with Crippen LogP contribution in [0.25, 0.3) is 0 Å². The van der Waals surface area contributed by atoms with Gasteiger partial charge in [0.25, 0.3) is 0 Å². The van der Waals surface area contributed by atoms with Crippen molar-refractivity contribution in [1.82, 2.24) is 0 Å². The first-order valence-electron chi connectivity index (χ1n) is 8.56. The first-order valence-corrected chi connectivity index (χ1v) is 9.36. The summed E-state index contributed by atoms with van der Waals surface area (Å²) in [7, 11) is 0. The van der Waals surface area contributed by atoms with E-state index in [1.165, 1.54) is 6.92 Å². The van der Waals surface area contributed by atoms with Crippen molar-refractivity contribution in [2.75, 3.05) is 13.2 Å². The maximum absolute atomic E-state index is 12.7. The lowest BCUT2D eigenvalue weighted by Gasteiger charge is -2.43. The van der Waals surface area contributed by atoms with E-state index in [1.54, 1.807) is 38.1 Å². The molecule has 1 aromatic carbocycles. The number of carbonyl (C=O) groups is 3. The van der Waals surface area contributed by atoms with Gasteiger partial charge in [-0.15, -0.1) is 0 Å². The number of halogens is 1. The van der Waals surface area contributed by atoms with E-state index in [0.717, 1.165) is 4.47 Å². The molecule has 0 heterocycles. The highest BCUT2D eigenvalue weighted by atomic mass is 79.9. The van der Waals surface area contributed by atoms with Crippen LogP contribution in [0.5, 0.6) is 0 Å². The zero-order chi connectivity index (χ0) is 19.5. The average molecular weight is 427 g/mol. The summed E-state index contributed by atoms with van der Waals surface area (Å²) in [6.45, 7) is 5.00. The summed E-state index contributed by atoms with van der Waals surface area (Å²) in [5, 5.41) is 10.8. The quantitative estimate of drug-likeness (QED) is 0.574. The molecule has 0 radical (unpaired) electrons. The van der Waals surface area contributed by atoms with E-state index in [-0.39, 0.29) is 19.6 Å². The third-order valence-electron chi connectivity index (χ3n) is 4.60. The average Bonchev–Trinajstić information content (AvgIpc) is 2.54. The summed E-state index contributed by atoms with van der Waals surface area (Å²) in [5.41, 5.74) is -1.03. The zero-order valence-corrected chi connectivity index (χ0v) is 16.6. The smallest absolute Gasteiger partial charge is 0.317 e. The number of carbonyl (C=O) groups excluding carboxylic acids is 3. The maximum atomic E-state index is 12.7. The zero-order valence-electron chi connectivity index (χ0n) is 15.0. The molecule has 26 heavy (non-hydrogen) atoms. The molecule has 1 aliphatic rings. The Hall–Kier alpha value is -1.73. The summed E-state index contributed by atoms with van der Waals surface area (Å²) >= 11 is 3.34. The molecule has 7 heteroatoms. The highest BCUT2D eigenvalue weighted by molar-refractivity contribution is 9.10. The lowest BCUT2D eigenvalue weighted by atomic mass is 9.62. The number of benzene rings is 1. The van der Waals surface area contributed by atoms with Crippen LogP contribution in [0.4, 0.5) is 0 Å². The summed E-state index contributed by atoms with van der Waals surface area (Å²) in [4.78, 5) is 37.8. The molecule has 1 aromatic rings.